The smallest absolute Gasteiger partial charge is 0.254 e. The Hall–Kier alpha value is -0.980. The number of carbonyl (C=O) groups is 1. The molecule has 0 aromatic heterocycles. The highest BCUT2D eigenvalue weighted by Crippen LogP contribution is 2.19. The second-order valence-corrected chi connectivity index (χ2v) is 7.32. The van der Waals surface area contributed by atoms with Crippen LogP contribution in [0.4, 0.5) is 4.39 Å². The summed E-state index contributed by atoms with van der Waals surface area (Å²) in [7, 11) is 0. The van der Waals surface area contributed by atoms with Gasteiger partial charge in [0.25, 0.3) is 5.91 Å². The SMILES string of the molecule is O=C(NC1CCN(C[C@@H]2CCOC2)CC1)c1cc(Br)ccc1F. The average Bonchev–Trinajstić information content (AvgIpc) is 3.04. The predicted molar refractivity (Wildman–Crippen MR) is 90.0 cm³/mol. The van der Waals surface area contributed by atoms with E-state index in [0.29, 0.717) is 10.4 Å². The van der Waals surface area contributed by atoms with E-state index < -0.39 is 5.82 Å². The van der Waals surface area contributed by atoms with E-state index in [1.54, 1.807) is 6.07 Å². The zero-order valence-corrected chi connectivity index (χ0v) is 14.6. The third kappa shape index (κ3) is 4.52. The number of ether oxygens (including phenoxy) is 1. The zero-order chi connectivity index (χ0) is 16.2. The highest BCUT2D eigenvalue weighted by Gasteiger charge is 2.25. The van der Waals surface area contributed by atoms with E-state index >= 15 is 0 Å². The van der Waals surface area contributed by atoms with Gasteiger partial charge in [-0.05, 0) is 43.4 Å². The van der Waals surface area contributed by atoms with Crippen LogP contribution in [-0.2, 0) is 4.74 Å². The Morgan fingerprint density at radius 3 is 2.83 bits per heavy atom. The first-order valence-electron chi connectivity index (χ1n) is 8.18. The molecule has 2 aliphatic heterocycles. The molecule has 0 aliphatic carbocycles. The van der Waals surface area contributed by atoms with Gasteiger partial charge in [0, 0.05) is 36.8 Å². The number of carbonyl (C=O) groups excluding carboxylic acids is 1. The molecular weight excluding hydrogens is 363 g/mol. The number of nitrogens with one attached hydrogen (secondary N) is 1. The first-order valence-corrected chi connectivity index (χ1v) is 8.97. The molecule has 23 heavy (non-hydrogen) atoms. The van der Waals surface area contributed by atoms with Crippen LogP contribution in [0.2, 0.25) is 0 Å². The Morgan fingerprint density at radius 1 is 1.35 bits per heavy atom. The summed E-state index contributed by atoms with van der Waals surface area (Å²) in [5, 5.41) is 2.97. The Bertz CT molecular complexity index is 556. The minimum atomic E-state index is -0.482. The van der Waals surface area contributed by atoms with Crippen LogP contribution in [0, 0.1) is 11.7 Å². The van der Waals surface area contributed by atoms with E-state index in [1.807, 2.05) is 0 Å². The first kappa shape index (κ1) is 16.9. The molecule has 2 aliphatic rings. The molecule has 2 fully saturated rings. The van der Waals surface area contributed by atoms with Crippen LogP contribution in [0.15, 0.2) is 22.7 Å². The van der Waals surface area contributed by atoms with Crippen LogP contribution in [0.5, 0.6) is 0 Å². The molecular formula is C17H22BrFN2O2. The molecule has 1 aromatic rings. The topological polar surface area (TPSA) is 41.6 Å². The van der Waals surface area contributed by atoms with Crippen molar-refractivity contribution in [1.29, 1.82) is 0 Å². The quantitative estimate of drug-likeness (QED) is 0.867. The molecule has 0 spiro atoms. The molecule has 1 N–H and O–H groups in total. The normalized spacial score (nSPS) is 23.1. The van der Waals surface area contributed by atoms with Crippen molar-refractivity contribution in [3.8, 4) is 0 Å². The summed E-state index contributed by atoms with van der Waals surface area (Å²) in [4.78, 5) is 14.7. The highest BCUT2D eigenvalue weighted by atomic mass is 79.9. The van der Waals surface area contributed by atoms with Gasteiger partial charge in [-0.1, -0.05) is 15.9 Å². The van der Waals surface area contributed by atoms with Gasteiger partial charge in [0.15, 0.2) is 0 Å². The van der Waals surface area contributed by atoms with Crippen molar-refractivity contribution in [2.45, 2.75) is 25.3 Å². The fourth-order valence-electron chi connectivity index (χ4n) is 3.29. The Labute approximate surface area is 144 Å². The average molecular weight is 385 g/mol. The molecule has 2 heterocycles. The minimum Gasteiger partial charge on any atom is -0.381 e. The number of hydrogen-bond acceptors (Lipinski definition) is 3. The van der Waals surface area contributed by atoms with Gasteiger partial charge < -0.3 is 15.0 Å². The summed E-state index contributed by atoms with van der Waals surface area (Å²) in [6, 6.07) is 4.56. The molecule has 1 amide bonds. The van der Waals surface area contributed by atoms with Gasteiger partial charge in [-0.3, -0.25) is 4.79 Å². The molecule has 0 unspecified atom stereocenters. The Kier molecular flexibility index (Phi) is 5.67. The maximum Gasteiger partial charge on any atom is 0.254 e. The lowest BCUT2D eigenvalue weighted by molar-refractivity contribution is 0.0899. The van der Waals surface area contributed by atoms with E-state index in [9.17, 15) is 9.18 Å². The minimum absolute atomic E-state index is 0.102. The number of likely N-dealkylation sites (tertiary alicyclic amines) is 1. The van der Waals surface area contributed by atoms with Gasteiger partial charge in [0.1, 0.15) is 5.82 Å². The van der Waals surface area contributed by atoms with Crippen molar-refractivity contribution in [2.24, 2.45) is 5.92 Å². The summed E-state index contributed by atoms with van der Waals surface area (Å²) in [6.45, 7) is 4.79. The second-order valence-electron chi connectivity index (χ2n) is 6.40. The molecule has 4 nitrogen and oxygen atoms in total. The largest absolute Gasteiger partial charge is 0.381 e. The summed E-state index contributed by atoms with van der Waals surface area (Å²) in [5.41, 5.74) is 0.102. The Morgan fingerprint density at radius 2 is 2.13 bits per heavy atom. The molecule has 6 heteroatoms. The maximum absolute atomic E-state index is 13.8. The number of piperidine rings is 1. The van der Waals surface area contributed by atoms with Crippen molar-refractivity contribution in [1.82, 2.24) is 10.2 Å². The van der Waals surface area contributed by atoms with Crippen LogP contribution in [0.25, 0.3) is 0 Å². The number of nitrogens with zero attached hydrogens (tertiary/aromatic N) is 1. The van der Waals surface area contributed by atoms with E-state index in [-0.39, 0.29) is 17.5 Å². The molecule has 0 bridgehead atoms. The van der Waals surface area contributed by atoms with Gasteiger partial charge >= 0.3 is 0 Å². The molecule has 126 valence electrons. The first-order chi connectivity index (χ1) is 11.1. The van der Waals surface area contributed by atoms with E-state index in [0.717, 1.165) is 52.1 Å². The monoisotopic (exact) mass is 384 g/mol. The summed E-state index contributed by atoms with van der Waals surface area (Å²) >= 11 is 3.28. The third-order valence-electron chi connectivity index (χ3n) is 4.64. The predicted octanol–water partition coefficient (Wildman–Crippen LogP) is 2.82. The molecule has 2 saturated heterocycles. The van der Waals surface area contributed by atoms with Crippen LogP contribution in [-0.4, -0.2) is 49.7 Å². The van der Waals surface area contributed by atoms with Gasteiger partial charge in [0.2, 0.25) is 0 Å². The number of rotatable bonds is 4. The van der Waals surface area contributed by atoms with Gasteiger partial charge in [-0.15, -0.1) is 0 Å². The lowest BCUT2D eigenvalue weighted by Gasteiger charge is -2.33. The summed E-state index contributed by atoms with van der Waals surface area (Å²) < 4.78 is 19.9. The van der Waals surface area contributed by atoms with Crippen molar-refractivity contribution < 1.29 is 13.9 Å². The molecule has 0 radical (unpaired) electrons. The highest BCUT2D eigenvalue weighted by molar-refractivity contribution is 9.10. The lowest BCUT2D eigenvalue weighted by atomic mass is 10.0. The number of hydrogen-bond donors (Lipinski definition) is 1. The fraction of sp³-hybridized carbons (Fsp3) is 0.588. The molecule has 1 aromatic carbocycles. The van der Waals surface area contributed by atoms with E-state index in [2.05, 4.69) is 26.1 Å². The second kappa shape index (κ2) is 7.73. The van der Waals surface area contributed by atoms with E-state index in [1.165, 1.54) is 12.1 Å². The van der Waals surface area contributed by atoms with Gasteiger partial charge in [0.05, 0.1) is 12.2 Å². The van der Waals surface area contributed by atoms with Crippen molar-refractivity contribution in [3.05, 3.63) is 34.1 Å². The van der Waals surface area contributed by atoms with Gasteiger partial charge in [-0.2, -0.15) is 0 Å². The van der Waals surface area contributed by atoms with Crippen LogP contribution in [0.3, 0.4) is 0 Å². The Balaban J connectivity index is 1.48. The van der Waals surface area contributed by atoms with Crippen LogP contribution < -0.4 is 5.32 Å². The molecule has 3 rings (SSSR count). The van der Waals surface area contributed by atoms with Crippen molar-refractivity contribution in [2.75, 3.05) is 32.8 Å². The third-order valence-corrected chi connectivity index (χ3v) is 5.13. The number of amides is 1. The van der Waals surface area contributed by atoms with Gasteiger partial charge in [-0.25, -0.2) is 4.39 Å². The van der Waals surface area contributed by atoms with Crippen LogP contribution in [0.1, 0.15) is 29.6 Å². The molecule has 1 atom stereocenters. The number of halogens is 2. The van der Waals surface area contributed by atoms with Crippen molar-refractivity contribution in [3.63, 3.8) is 0 Å². The summed E-state index contributed by atoms with van der Waals surface area (Å²) in [6.07, 6.45) is 2.97. The maximum atomic E-state index is 13.8. The number of benzene rings is 1. The standard InChI is InChI=1S/C17H22BrFN2O2/c18-13-1-2-16(19)15(9-13)17(22)20-14-3-6-21(7-4-14)10-12-5-8-23-11-12/h1-2,9,12,14H,3-8,10-11H2,(H,20,22)/t12-/m0/s1. The fourth-order valence-corrected chi connectivity index (χ4v) is 3.65. The van der Waals surface area contributed by atoms with Crippen molar-refractivity contribution >= 4 is 21.8 Å². The zero-order valence-electron chi connectivity index (χ0n) is 13.1. The molecule has 0 saturated carbocycles. The van der Waals surface area contributed by atoms with E-state index in [4.69, 9.17) is 4.74 Å². The van der Waals surface area contributed by atoms with Crippen LogP contribution >= 0.6 is 15.9 Å². The lowest BCUT2D eigenvalue weighted by Crippen LogP contribution is -2.46. The summed E-state index contributed by atoms with van der Waals surface area (Å²) in [5.74, 6) is -0.160.